The molecule has 0 atom stereocenters. The highest BCUT2D eigenvalue weighted by Crippen LogP contribution is 2.22. The molecule has 7 heteroatoms. The summed E-state index contributed by atoms with van der Waals surface area (Å²) in [4.78, 5) is 14.8. The number of rotatable bonds is 5. The Bertz CT molecular complexity index is 760. The van der Waals surface area contributed by atoms with Crippen LogP contribution < -0.4 is 0 Å². The normalized spacial score (nSPS) is 11.3. The Hall–Kier alpha value is -1.92. The van der Waals surface area contributed by atoms with Crippen molar-refractivity contribution in [3.8, 4) is 0 Å². The first-order chi connectivity index (χ1) is 9.90. The lowest BCUT2D eigenvalue weighted by molar-refractivity contribution is 0.0697. The van der Waals surface area contributed by atoms with Crippen molar-refractivity contribution in [3.63, 3.8) is 0 Å². The minimum absolute atomic E-state index is 0.0152. The zero-order chi connectivity index (χ0) is 15.5. The predicted molar refractivity (Wildman–Crippen MR) is 78.4 cm³/mol. The van der Waals surface area contributed by atoms with Crippen molar-refractivity contribution in [2.45, 2.75) is 11.3 Å². The van der Waals surface area contributed by atoms with Gasteiger partial charge in [-0.15, -0.1) is 0 Å². The Labute approximate surface area is 127 Å². The van der Waals surface area contributed by atoms with E-state index in [9.17, 15) is 13.2 Å². The largest absolute Gasteiger partial charge is 0.478 e. The van der Waals surface area contributed by atoms with Crippen LogP contribution in [0.3, 0.4) is 0 Å². The summed E-state index contributed by atoms with van der Waals surface area (Å²) in [5, 5.41) is 8.78. The molecule has 1 heterocycles. The Morgan fingerprint density at radius 1 is 1.29 bits per heavy atom. The van der Waals surface area contributed by atoms with Gasteiger partial charge in [0, 0.05) is 12.4 Å². The number of hydrogen-bond donors (Lipinski definition) is 1. The average Bonchev–Trinajstić information content (AvgIpc) is 2.46. The molecular weight excluding hydrogens is 314 g/mol. The SMILES string of the molecule is O=C(O)c1ccc(S(=O)(=O)CCc2cccnc2)cc1Cl. The van der Waals surface area contributed by atoms with Crippen LogP contribution in [0.4, 0.5) is 0 Å². The van der Waals surface area contributed by atoms with Gasteiger partial charge in [0.2, 0.25) is 0 Å². The highest BCUT2D eigenvalue weighted by Gasteiger charge is 2.18. The summed E-state index contributed by atoms with van der Waals surface area (Å²) in [7, 11) is -3.53. The molecule has 110 valence electrons. The number of nitrogens with zero attached hydrogens (tertiary/aromatic N) is 1. The molecular formula is C14H12ClNO4S. The molecule has 2 rings (SSSR count). The van der Waals surface area contributed by atoms with Gasteiger partial charge in [0.25, 0.3) is 0 Å². The van der Waals surface area contributed by atoms with Gasteiger partial charge in [-0.1, -0.05) is 17.7 Å². The monoisotopic (exact) mass is 325 g/mol. The van der Waals surface area contributed by atoms with E-state index in [0.29, 0.717) is 6.42 Å². The second-order valence-corrected chi connectivity index (χ2v) is 6.89. The maximum atomic E-state index is 12.2. The molecule has 0 bridgehead atoms. The molecule has 0 aliphatic carbocycles. The fourth-order valence-corrected chi connectivity index (χ4v) is 3.42. The number of aromatic nitrogens is 1. The smallest absolute Gasteiger partial charge is 0.337 e. The van der Waals surface area contributed by atoms with Crippen LogP contribution in [0.25, 0.3) is 0 Å². The van der Waals surface area contributed by atoms with E-state index in [1.165, 1.54) is 18.2 Å². The maximum Gasteiger partial charge on any atom is 0.337 e. The van der Waals surface area contributed by atoms with E-state index in [1.807, 2.05) is 0 Å². The Morgan fingerprint density at radius 2 is 2.05 bits per heavy atom. The third-order valence-electron chi connectivity index (χ3n) is 2.91. The first-order valence-electron chi connectivity index (χ1n) is 6.04. The van der Waals surface area contributed by atoms with Gasteiger partial charge in [-0.25, -0.2) is 13.2 Å². The summed E-state index contributed by atoms with van der Waals surface area (Å²) < 4.78 is 24.4. The van der Waals surface area contributed by atoms with Crippen molar-refractivity contribution in [1.82, 2.24) is 4.98 Å². The third kappa shape index (κ3) is 3.80. The zero-order valence-electron chi connectivity index (χ0n) is 10.9. The summed E-state index contributed by atoms with van der Waals surface area (Å²) in [5.41, 5.74) is 0.692. The minimum Gasteiger partial charge on any atom is -0.478 e. The molecule has 0 saturated heterocycles. The molecule has 0 spiro atoms. The van der Waals surface area contributed by atoms with Crippen LogP contribution in [0.1, 0.15) is 15.9 Å². The first-order valence-corrected chi connectivity index (χ1v) is 8.08. The topological polar surface area (TPSA) is 84.3 Å². The molecule has 1 aromatic carbocycles. The van der Waals surface area contributed by atoms with Crippen molar-refractivity contribution >= 4 is 27.4 Å². The summed E-state index contributed by atoms with van der Waals surface area (Å²) in [6.07, 6.45) is 3.55. The first kappa shape index (κ1) is 15.5. The lowest BCUT2D eigenvalue weighted by atomic mass is 10.2. The average molecular weight is 326 g/mol. The second-order valence-electron chi connectivity index (χ2n) is 4.38. The molecule has 1 aromatic heterocycles. The van der Waals surface area contributed by atoms with Gasteiger partial charge in [-0.2, -0.15) is 0 Å². The standard InChI is InChI=1S/C14H12ClNO4S/c15-13-8-11(3-4-12(13)14(17)18)21(19,20)7-5-10-2-1-6-16-9-10/h1-4,6,8-9H,5,7H2,(H,17,18). The number of carbonyl (C=O) groups is 1. The highest BCUT2D eigenvalue weighted by atomic mass is 35.5. The van der Waals surface area contributed by atoms with Gasteiger partial charge in [0.15, 0.2) is 9.84 Å². The fraction of sp³-hybridized carbons (Fsp3) is 0.143. The van der Waals surface area contributed by atoms with Crippen LogP contribution in [-0.4, -0.2) is 30.2 Å². The van der Waals surface area contributed by atoms with Gasteiger partial charge in [0.05, 0.1) is 21.2 Å². The quantitative estimate of drug-likeness (QED) is 0.912. The van der Waals surface area contributed by atoms with E-state index in [4.69, 9.17) is 16.7 Å². The van der Waals surface area contributed by atoms with Crippen LogP contribution in [0.15, 0.2) is 47.6 Å². The van der Waals surface area contributed by atoms with Gasteiger partial charge < -0.3 is 5.11 Å². The molecule has 5 nitrogen and oxygen atoms in total. The van der Waals surface area contributed by atoms with E-state index >= 15 is 0 Å². The minimum atomic E-state index is -3.53. The Kier molecular flexibility index (Phi) is 4.59. The van der Waals surface area contributed by atoms with E-state index in [-0.39, 0.29) is 21.2 Å². The van der Waals surface area contributed by atoms with Gasteiger partial charge in [-0.05, 0) is 36.2 Å². The fourth-order valence-electron chi connectivity index (χ4n) is 1.78. The lowest BCUT2D eigenvalue weighted by Gasteiger charge is -2.06. The lowest BCUT2D eigenvalue weighted by Crippen LogP contribution is -2.10. The second kappa shape index (κ2) is 6.24. The van der Waals surface area contributed by atoms with Crippen molar-refractivity contribution in [1.29, 1.82) is 0 Å². The molecule has 0 fully saturated rings. The van der Waals surface area contributed by atoms with Gasteiger partial charge in [0.1, 0.15) is 0 Å². The molecule has 0 saturated carbocycles. The number of hydrogen-bond acceptors (Lipinski definition) is 4. The van der Waals surface area contributed by atoms with Crippen LogP contribution >= 0.6 is 11.6 Å². The van der Waals surface area contributed by atoms with Gasteiger partial charge >= 0.3 is 5.97 Å². The number of aromatic carboxylic acids is 1. The number of aryl methyl sites for hydroxylation is 1. The summed E-state index contributed by atoms with van der Waals surface area (Å²) in [6.45, 7) is 0. The zero-order valence-corrected chi connectivity index (χ0v) is 12.4. The number of sulfone groups is 1. The van der Waals surface area contributed by atoms with Crippen molar-refractivity contribution in [2.75, 3.05) is 5.75 Å². The summed E-state index contributed by atoms with van der Waals surface area (Å²) in [5.74, 6) is -1.29. The van der Waals surface area contributed by atoms with E-state index in [0.717, 1.165) is 5.56 Å². The number of benzene rings is 1. The third-order valence-corrected chi connectivity index (χ3v) is 4.94. The van der Waals surface area contributed by atoms with E-state index in [2.05, 4.69) is 4.98 Å². The Balaban J connectivity index is 2.20. The Morgan fingerprint density at radius 3 is 2.62 bits per heavy atom. The number of carboxylic acid groups (broad SMARTS) is 1. The van der Waals surface area contributed by atoms with Crippen molar-refractivity contribution in [3.05, 3.63) is 58.9 Å². The van der Waals surface area contributed by atoms with Crippen molar-refractivity contribution in [2.24, 2.45) is 0 Å². The highest BCUT2D eigenvalue weighted by molar-refractivity contribution is 7.91. The molecule has 0 aliphatic rings. The molecule has 0 unspecified atom stereocenters. The molecule has 2 aromatic rings. The predicted octanol–water partition coefficient (Wildman–Crippen LogP) is 2.45. The molecule has 0 amide bonds. The van der Waals surface area contributed by atoms with Crippen LogP contribution in [-0.2, 0) is 16.3 Å². The molecule has 1 N–H and O–H groups in total. The summed E-state index contributed by atoms with van der Waals surface area (Å²) in [6, 6.07) is 7.16. The number of carboxylic acids is 1. The molecule has 0 radical (unpaired) electrons. The van der Waals surface area contributed by atoms with Crippen LogP contribution in [0.2, 0.25) is 5.02 Å². The van der Waals surface area contributed by atoms with Crippen LogP contribution in [0, 0.1) is 0 Å². The number of pyridine rings is 1. The molecule has 21 heavy (non-hydrogen) atoms. The van der Waals surface area contributed by atoms with Gasteiger partial charge in [-0.3, -0.25) is 4.98 Å². The van der Waals surface area contributed by atoms with E-state index < -0.39 is 15.8 Å². The molecule has 0 aliphatic heterocycles. The maximum absolute atomic E-state index is 12.2. The van der Waals surface area contributed by atoms with Crippen molar-refractivity contribution < 1.29 is 18.3 Å². The summed E-state index contributed by atoms with van der Waals surface area (Å²) >= 11 is 5.79. The van der Waals surface area contributed by atoms with E-state index in [1.54, 1.807) is 24.5 Å². The number of halogens is 1. The van der Waals surface area contributed by atoms with Crippen LogP contribution in [0.5, 0.6) is 0 Å².